The van der Waals surface area contributed by atoms with Crippen molar-refractivity contribution in [2.24, 2.45) is 4.99 Å². The van der Waals surface area contributed by atoms with Gasteiger partial charge in [-0.1, -0.05) is 56.7 Å². The average Bonchev–Trinajstić information content (AvgIpc) is 2.61. The fourth-order valence-corrected chi connectivity index (χ4v) is 2.50. The zero-order valence-electron chi connectivity index (χ0n) is 15.0. The van der Waals surface area contributed by atoms with E-state index in [1.165, 1.54) is 37.7 Å². The Kier molecular flexibility index (Phi) is 8.09. The van der Waals surface area contributed by atoms with Crippen LogP contribution in [0.25, 0.3) is 0 Å². The third kappa shape index (κ3) is 6.99. The molecule has 0 unspecified atom stereocenters. The van der Waals surface area contributed by atoms with Gasteiger partial charge in [-0.15, -0.1) is 0 Å². The summed E-state index contributed by atoms with van der Waals surface area (Å²) in [4.78, 5) is 4.49. The van der Waals surface area contributed by atoms with Crippen LogP contribution < -0.4 is 4.74 Å². The highest BCUT2D eigenvalue weighted by molar-refractivity contribution is 5.82. The van der Waals surface area contributed by atoms with E-state index in [2.05, 4.69) is 31.0 Å². The van der Waals surface area contributed by atoms with Gasteiger partial charge in [0.15, 0.2) is 0 Å². The van der Waals surface area contributed by atoms with E-state index in [-0.39, 0.29) is 0 Å². The summed E-state index contributed by atoms with van der Waals surface area (Å²) in [6.45, 7) is 5.14. The third-order valence-corrected chi connectivity index (χ3v) is 4.04. The van der Waals surface area contributed by atoms with Crippen molar-refractivity contribution < 1.29 is 4.74 Å². The van der Waals surface area contributed by atoms with Crippen LogP contribution in [-0.2, 0) is 0 Å². The molecular formula is C22H29NO. The van der Waals surface area contributed by atoms with E-state index in [0.717, 1.165) is 30.0 Å². The lowest BCUT2D eigenvalue weighted by Gasteiger charge is -2.06. The Bertz CT molecular complexity index is 599. The number of unbranched alkanes of at least 4 members (excludes halogenated alkanes) is 5. The Hall–Kier alpha value is -2.09. The van der Waals surface area contributed by atoms with Crippen molar-refractivity contribution in [3.05, 3.63) is 59.7 Å². The van der Waals surface area contributed by atoms with Gasteiger partial charge in [0.2, 0.25) is 0 Å². The van der Waals surface area contributed by atoms with E-state index in [1.807, 2.05) is 42.6 Å². The van der Waals surface area contributed by atoms with Crippen LogP contribution >= 0.6 is 0 Å². The lowest BCUT2D eigenvalue weighted by molar-refractivity contribution is 0.304. The van der Waals surface area contributed by atoms with E-state index >= 15 is 0 Å². The summed E-state index contributed by atoms with van der Waals surface area (Å²) in [6.07, 6.45) is 9.63. The molecule has 0 N–H and O–H groups in total. The first-order chi connectivity index (χ1) is 11.8. The minimum absolute atomic E-state index is 0.808. The van der Waals surface area contributed by atoms with Crippen molar-refractivity contribution in [1.82, 2.24) is 0 Å². The van der Waals surface area contributed by atoms with Crippen molar-refractivity contribution in [3.63, 3.8) is 0 Å². The Morgan fingerprint density at radius 2 is 1.50 bits per heavy atom. The molecule has 0 amide bonds. The molecule has 0 fully saturated rings. The molecule has 0 radical (unpaired) electrons. The van der Waals surface area contributed by atoms with Crippen LogP contribution in [0.4, 0.5) is 5.69 Å². The van der Waals surface area contributed by atoms with Gasteiger partial charge < -0.3 is 4.74 Å². The molecule has 0 heterocycles. The predicted molar refractivity (Wildman–Crippen MR) is 104 cm³/mol. The molecule has 2 aromatic rings. The molecule has 2 rings (SSSR count). The second-order valence-corrected chi connectivity index (χ2v) is 6.28. The number of hydrogen-bond acceptors (Lipinski definition) is 2. The van der Waals surface area contributed by atoms with E-state index in [9.17, 15) is 0 Å². The highest BCUT2D eigenvalue weighted by Crippen LogP contribution is 2.15. The minimum atomic E-state index is 0.808. The fraction of sp³-hybridized carbons (Fsp3) is 0.409. The summed E-state index contributed by atoms with van der Waals surface area (Å²) in [5, 5.41) is 0. The van der Waals surface area contributed by atoms with Gasteiger partial charge in [-0.25, -0.2) is 0 Å². The summed E-state index contributed by atoms with van der Waals surface area (Å²) in [7, 11) is 0. The lowest BCUT2D eigenvalue weighted by atomic mass is 10.1. The summed E-state index contributed by atoms with van der Waals surface area (Å²) in [6, 6.07) is 16.4. The molecule has 0 saturated heterocycles. The first-order valence-electron chi connectivity index (χ1n) is 9.11. The Morgan fingerprint density at radius 3 is 2.21 bits per heavy atom. The average molecular weight is 323 g/mol. The molecule has 0 aliphatic heterocycles. The Labute approximate surface area is 146 Å². The number of ether oxygens (including phenoxy) is 1. The molecule has 2 aromatic carbocycles. The van der Waals surface area contributed by atoms with Crippen LogP contribution in [0, 0.1) is 6.92 Å². The predicted octanol–water partition coefficient (Wildman–Crippen LogP) is 6.48. The highest BCUT2D eigenvalue weighted by atomic mass is 16.5. The van der Waals surface area contributed by atoms with Crippen LogP contribution in [-0.4, -0.2) is 12.8 Å². The number of rotatable bonds is 10. The maximum absolute atomic E-state index is 5.80. The van der Waals surface area contributed by atoms with Gasteiger partial charge in [-0.3, -0.25) is 4.99 Å². The summed E-state index contributed by atoms with van der Waals surface area (Å²) < 4.78 is 5.80. The van der Waals surface area contributed by atoms with Gasteiger partial charge in [-0.05, 0) is 55.3 Å². The SMILES string of the molecule is CCCCCCCCOc1ccc(C=Nc2ccc(C)cc2)cc1. The van der Waals surface area contributed by atoms with E-state index in [4.69, 9.17) is 4.74 Å². The summed E-state index contributed by atoms with van der Waals surface area (Å²) in [5.74, 6) is 0.941. The number of benzene rings is 2. The minimum Gasteiger partial charge on any atom is -0.494 e. The van der Waals surface area contributed by atoms with Crippen molar-refractivity contribution in [1.29, 1.82) is 0 Å². The first-order valence-corrected chi connectivity index (χ1v) is 9.11. The molecule has 2 heteroatoms. The Morgan fingerprint density at radius 1 is 0.833 bits per heavy atom. The first kappa shape index (κ1) is 18.3. The zero-order valence-corrected chi connectivity index (χ0v) is 15.0. The maximum Gasteiger partial charge on any atom is 0.119 e. The third-order valence-electron chi connectivity index (χ3n) is 4.04. The second-order valence-electron chi connectivity index (χ2n) is 6.28. The molecule has 128 valence electrons. The monoisotopic (exact) mass is 323 g/mol. The molecular weight excluding hydrogens is 294 g/mol. The van der Waals surface area contributed by atoms with Gasteiger partial charge in [0, 0.05) is 6.21 Å². The quantitative estimate of drug-likeness (QED) is 0.362. The number of aliphatic imine (C=N–C) groups is 1. The molecule has 0 atom stereocenters. The number of aryl methyl sites for hydroxylation is 1. The molecule has 0 aliphatic carbocycles. The van der Waals surface area contributed by atoms with Crippen LogP contribution in [0.5, 0.6) is 5.75 Å². The van der Waals surface area contributed by atoms with Crippen molar-refractivity contribution in [2.45, 2.75) is 52.4 Å². The fourth-order valence-electron chi connectivity index (χ4n) is 2.50. The molecule has 2 nitrogen and oxygen atoms in total. The molecule has 0 aromatic heterocycles. The smallest absolute Gasteiger partial charge is 0.119 e. The largest absolute Gasteiger partial charge is 0.494 e. The van der Waals surface area contributed by atoms with E-state index in [0.29, 0.717) is 0 Å². The maximum atomic E-state index is 5.80. The van der Waals surface area contributed by atoms with Gasteiger partial charge in [-0.2, -0.15) is 0 Å². The Balaban J connectivity index is 1.71. The van der Waals surface area contributed by atoms with Gasteiger partial charge in [0.25, 0.3) is 0 Å². The van der Waals surface area contributed by atoms with Crippen molar-refractivity contribution >= 4 is 11.9 Å². The summed E-state index contributed by atoms with van der Waals surface area (Å²) >= 11 is 0. The van der Waals surface area contributed by atoms with Crippen molar-refractivity contribution in [2.75, 3.05) is 6.61 Å². The molecule has 0 saturated carbocycles. The molecule has 24 heavy (non-hydrogen) atoms. The van der Waals surface area contributed by atoms with Crippen LogP contribution in [0.2, 0.25) is 0 Å². The standard InChI is InChI=1S/C22H29NO/c1-3-4-5-6-7-8-17-24-22-15-11-20(12-16-22)18-23-21-13-9-19(2)10-14-21/h9-16,18H,3-8,17H2,1-2H3. The highest BCUT2D eigenvalue weighted by Gasteiger charge is 1.95. The second kappa shape index (κ2) is 10.6. The van der Waals surface area contributed by atoms with Gasteiger partial charge in [0.05, 0.1) is 12.3 Å². The van der Waals surface area contributed by atoms with Gasteiger partial charge in [0.1, 0.15) is 5.75 Å². The van der Waals surface area contributed by atoms with Crippen molar-refractivity contribution in [3.8, 4) is 5.75 Å². The van der Waals surface area contributed by atoms with E-state index < -0.39 is 0 Å². The molecule has 0 bridgehead atoms. The number of nitrogens with zero attached hydrogens (tertiary/aromatic N) is 1. The van der Waals surface area contributed by atoms with E-state index in [1.54, 1.807) is 0 Å². The topological polar surface area (TPSA) is 21.6 Å². The molecule has 0 spiro atoms. The zero-order chi connectivity index (χ0) is 17.0. The van der Waals surface area contributed by atoms with Crippen LogP contribution in [0.3, 0.4) is 0 Å². The van der Waals surface area contributed by atoms with Crippen LogP contribution in [0.15, 0.2) is 53.5 Å². The van der Waals surface area contributed by atoms with Crippen LogP contribution in [0.1, 0.15) is 56.6 Å². The van der Waals surface area contributed by atoms with Gasteiger partial charge >= 0.3 is 0 Å². The number of hydrogen-bond donors (Lipinski definition) is 0. The molecule has 0 aliphatic rings. The summed E-state index contributed by atoms with van der Waals surface area (Å²) in [5.41, 5.74) is 3.31. The normalized spacial score (nSPS) is 11.1. The lowest BCUT2D eigenvalue weighted by Crippen LogP contribution is -1.97.